The smallest absolute Gasteiger partial charge is 0.475 e. The molecule has 0 aliphatic carbocycles. The summed E-state index contributed by atoms with van der Waals surface area (Å²) in [6, 6.07) is 4.52. The van der Waals surface area contributed by atoms with Gasteiger partial charge in [0.2, 0.25) is 0 Å². The predicted molar refractivity (Wildman–Crippen MR) is 140 cm³/mol. The van der Waals surface area contributed by atoms with Gasteiger partial charge in [-0.3, -0.25) is 0 Å². The maximum absolute atomic E-state index is 10.6. The Labute approximate surface area is 261 Å². The van der Waals surface area contributed by atoms with E-state index in [2.05, 4.69) is 22.8 Å². The Kier molecular flexibility index (Phi) is 27.5. The number of nitrogens with two attached hydrogens (primary N) is 2. The normalized spacial score (nSPS) is 11.2. The first-order valence-electron chi connectivity index (χ1n) is 12.2. The molecule has 0 aliphatic rings. The summed E-state index contributed by atoms with van der Waals surface area (Å²) in [5, 5.41) is 35.2. The fourth-order valence-electron chi connectivity index (χ4n) is 1.88. The van der Waals surface area contributed by atoms with Gasteiger partial charge in [-0.25, -0.2) is 19.2 Å². The van der Waals surface area contributed by atoms with E-state index in [-0.39, 0.29) is 0 Å². The van der Waals surface area contributed by atoms with Gasteiger partial charge in [0.05, 0.1) is 0 Å². The van der Waals surface area contributed by atoms with Crippen molar-refractivity contribution in [3.8, 4) is 0 Å². The lowest BCUT2D eigenvalue weighted by Gasteiger charge is -2.04. The first-order valence-corrected chi connectivity index (χ1v) is 13.1. The first kappa shape index (κ1) is 50.4. The molecule has 0 unspecified atom stereocenters. The maximum Gasteiger partial charge on any atom is 0.490 e. The first-order chi connectivity index (χ1) is 21.1. The Balaban J connectivity index is -0.000000275. The minimum atomic E-state index is -5.08. The van der Waals surface area contributed by atoms with Crippen molar-refractivity contribution in [2.75, 3.05) is 39.3 Å². The summed E-state index contributed by atoms with van der Waals surface area (Å²) in [6.07, 6.45) is -15.7. The van der Waals surface area contributed by atoms with Crippen LogP contribution in [0.5, 0.6) is 0 Å². The van der Waals surface area contributed by atoms with Crippen LogP contribution in [0.4, 0.5) is 52.7 Å². The molecule has 0 saturated heterocycles. The van der Waals surface area contributed by atoms with Gasteiger partial charge in [0.25, 0.3) is 0 Å². The lowest BCUT2D eigenvalue weighted by molar-refractivity contribution is -0.193. The van der Waals surface area contributed by atoms with Crippen molar-refractivity contribution in [3.05, 3.63) is 21.9 Å². The summed E-state index contributed by atoms with van der Waals surface area (Å²) in [6.45, 7) is 5.47. The highest BCUT2D eigenvalue weighted by atomic mass is 32.1. The molecular weight excluding hydrogens is 708 g/mol. The molecular formula is C22H32F12N4O8S. The molecule has 47 heavy (non-hydrogen) atoms. The van der Waals surface area contributed by atoms with Crippen LogP contribution < -0.4 is 22.1 Å². The number of alkyl halides is 12. The van der Waals surface area contributed by atoms with E-state index in [0.717, 1.165) is 45.6 Å². The molecule has 278 valence electrons. The van der Waals surface area contributed by atoms with Crippen LogP contribution in [-0.4, -0.2) is 108 Å². The summed E-state index contributed by atoms with van der Waals surface area (Å²) < 4.78 is 127. The second-order valence-corrected chi connectivity index (χ2v) is 9.12. The highest BCUT2D eigenvalue weighted by Gasteiger charge is 2.39. The van der Waals surface area contributed by atoms with Gasteiger partial charge in [-0.2, -0.15) is 52.7 Å². The molecule has 25 heteroatoms. The number of carbonyl (C=O) groups is 4. The zero-order chi connectivity index (χ0) is 38.1. The van der Waals surface area contributed by atoms with E-state index < -0.39 is 48.6 Å². The molecule has 1 aromatic heterocycles. The SMILES string of the molecule is NCCCCc1ccc(CCNCCNCCN)s1.O=C(O)C(F)(F)F.O=C(O)C(F)(F)F.O=C(O)C(F)(F)F.O=C(O)C(F)(F)F. The number of unbranched alkanes of at least 4 members (excludes halogenated alkanes) is 1. The van der Waals surface area contributed by atoms with Crippen LogP contribution in [0.1, 0.15) is 22.6 Å². The van der Waals surface area contributed by atoms with E-state index in [9.17, 15) is 52.7 Å². The van der Waals surface area contributed by atoms with Gasteiger partial charge in [0.15, 0.2) is 0 Å². The second-order valence-electron chi connectivity index (χ2n) is 7.86. The van der Waals surface area contributed by atoms with Gasteiger partial charge in [-0.15, -0.1) is 11.3 Å². The molecule has 0 radical (unpaired) electrons. The quantitative estimate of drug-likeness (QED) is 0.114. The summed E-state index contributed by atoms with van der Waals surface area (Å²) in [4.78, 5) is 38.6. The fraction of sp³-hybridized carbons (Fsp3) is 0.636. The fourth-order valence-corrected chi connectivity index (χ4v) is 2.93. The second kappa shape index (κ2) is 25.6. The third-order valence-corrected chi connectivity index (χ3v) is 5.12. The Morgan fingerprint density at radius 2 is 0.830 bits per heavy atom. The molecule has 1 heterocycles. The number of thiophene rings is 1. The van der Waals surface area contributed by atoms with Crippen molar-refractivity contribution in [2.45, 2.75) is 50.4 Å². The van der Waals surface area contributed by atoms with E-state index in [0.29, 0.717) is 6.54 Å². The van der Waals surface area contributed by atoms with Crippen molar-refractivity contribution < 1.29 is 92.3 Å². The standard InChI is InChI=1S/C14H28N4S.4C2HF3O2/c15-7-2-1-3-13-4-5-14(19-13)6-9-17-11-12-18-10-8-16;4*3-2(4,5)1(6)7/h4-5,17-18H,1-3,6-12,15-16H2;4*(H,6,7). The summed E-state index contributed by atoms with van der Waals surface area (Å²) in [5.74, 6) is -11.0. The molecule has 0 aliphatic heterocycles. The lowest BCUT2D eigenvalue weighted by atomic mass is 10.2. The number of carboxylic acid groups (broad SMARTS) is 4. The third-order valence-electron chi connectivity index (χ3n) is 3.91. The van der Waals surface area contributed by atoms with Crippen molar-refractivity contribution in [1.82, 2.24) is 10.6 Å². The van der Waals surface area contributed by atoms with Crippen LogP contribution in [0.2, 0.25) is 0 Å². The van der Waals surface area contributed by atoms with Gasteiger partial charge in [-0.1, -0.05) is 0 Å². The molecule has 0 bridgehead atoms. The van der Waals surface area contributed by atoms with E-state index in [4.69, 9.17) is 51.1 Å². The minimum Gasteiger partial charge on any atom is -0.475 e. The van der Waals surface area contributed by atoms with E-state index in [1.807, 2.05) is 11.3 Å². The molecule has 0 atom stereocenters. The minimum absolute atomic E-state index is 0.710. The van der Waals surface area contributed by atoms with Crippen LogP contribution in [0.15, 0.2) is 12.1 Å². The molecule has 0 amide bonds. The number of hydrogen-bond acceptors (Lipinski definition) is 9. The highest BCUT2D eigenvalue weighted by Crippen LogP contribution is 2.19. The van der Waals surface area contributed by atoms with Gasteiger partial charge in [0.1, 0.15) is 0 Å². The Morgan fingerprint density at radius 3 is 1.11 bits per heavy atom. The molecule has 1 aromatic rings. The van der Waals surface area contributed by atoms with Gasteiger partial charge in [0, 0.05) is 42.5 Å². The van der Waals surface area contributed by atoms with Gasteiger partial charge in [-0.05, 0) is 44.4 Å². The summed E-state index contributed by atoms with van der Waals surface area (Å²) in [7, 11) is 0. The number of rotatable bonds is 12. The zero-order valence-electron chi connectivity index (χ0n) is 23.7. The zero-order valence-corrected chi connectivity index (χ0v) is 24.6. The largest absolute Gasteiger partial charge is 0.490 e. The number of aliphatic carboxylic acids is 4. The monoisotopic (exact) mass is 740 g/mol. The third kappa shape index (κ3) is 36.9. The van der Waals surface area contributed by atoms with Crippen molar-refractivity contribution >= 4 is 35.2 Å². The van der Waals surface area contributed by atoms with E-state index >= 15 is 0 Å². The number of aryl methyl sites for hydroxylation is 1. The van der Waals surface area contributed by atoms with Crippen LogP contribution in [0.25, 0.3) is 0 Å². The number of carboxylic acids is 4. The maximum atomic E-state index is 10.6. The topological polar surface area (TPSA) is 225 Å². The van der Waals surface area contributed by atoms with Crippen LogP contribution in [0, 0.1) is 0 Å². The number of hydrogen-bond donors (Lipinski definition) is 8. The Bertz CT molecular complexity index is 922. The van der Waals surface area contributed by atoms with Crippen molar-refractivity contribution in [1.29, 1.82) is 0 Å². The van der Waals surface area contributed by atoms with Gasteiger partial charge < -0.3 is 42.5 Å². The average molecular weight is 741 g/mol. The molecule has 10 N–H and O–H groups in total. The number of nitrogens with one attached hydrogen (secondary N) is 2. The highest BCUT2D eigenvalue weighted by molar-refractivity contribution is 7.11. The van der Waals surface area contributed by atoms with E-state index in [1.54, 1.807) is 0 Å². The lowest BCUT2D eigenvalue weighted by Crippen LogP contribution is -2.31. The van der Waals surface area contributed by atoms with Crippen LogP contribution in [0.3, 0.4) is 0 Å². The van der Waals surface area contributed by atoms with Crippen LogP contribution >= 0.6 is 11.3 Å². The Morgan fingerprint density at radius 1 is 0.532 bits per heavy atom. The molecule has 0 spiro atoms. The molecule has 0 aromatic carbocycles. The summed E-state index contributed by atoms with van der Waals surface area (Å²) >= 11 is 1.94. The predicted octanol–water partition coefficient (Wildman–Crippen LogP) is 3.24. The number of halogens is 12. The molecule has 0 saturated carbocycles. The molecule has 12 nitrogen and oxygen atoms in total. The van der Waals surface area contributed by atoms with Crippen molar-refractivity contribution in [3.63, 3.8) is 0 Å². The summed E-state index contributed by atoms with van der Waals surface area (Å²) in [5.41, 5.74) is 10.9. The van der Waals surface area contributed by atoms with E-state index in [1.165, 1.54) is 22.6 Å². The molecule has 1 rings (SSSR count). The van der Waals surface area contributed by atoms with Crippen molar-refractivity contribution in [2.24, 2.45) is 11.5 Å². The Hall–Kier alpha value is -3.42. The van der Waals surface area contributed by atoms with Gasteiger partial charge >= 0.3 is 48.6 Å². The van der Waals surface area contributed by atoms with Crippen LogP contribution in [-0.2, 0) is 32.0 Å². The molecule has 0 fully saturated rings. The average Bonchev–Trinajstić information content (AvgIpc) is 3.35.